The van der Waals surface area contributed by atoms with Crippen LogP contribution in [0.1, 0.15) is 0 Å². The molecule has 0 atom stereocenters. The van der Waals surface area contributed by atoms with Gasteiger partial charge in [0.15, 0.2) is 5.82 Å². The van der Waals surface area contributed by atoms with Crippen LogP contribution in [0.4, 0.5) is 5.82 Å². The van der Waals surface area contributed by atoms with Crippen LogP contribution in [-0.4, -0.2) is 29.2 Å². The summed E-state index contributed by atoms with van der Waals surface area (Å²) in [7, 11) is 1.09. The number of rotatable bonds is 1. The van der Waals surface area contributed by atoms with Gasteiger partial charge in [0.05, 0.1) is 7.11 Å². The number of anilines is 1. The van der Waals surface area contributed by atoms with Crippen molar-refractivity contribution in [2.75, 3.05) is 12.4 Å². The molecule has 1 heterocycles. The molecule has 0 saturated heterocycles. The van der Waals surface area contributed by atoms with E-state index in [2.05, 4.69) is 20.3 Å². The minimum absolute atomic E-state index is 0.0694. The Morgan fingerprint density at radius 3 is 2.71 bits per heavy atom. The highest BCUT2D eigenvalue weighted by molar-refractivity contribution is 6.37. The van der Waals surface area contributed by atoms with E-state index in [0.29, 0.717) is 0 Å². The molecular formula is C7H7N3O4. The van der Waals surface area contributed by atoms with Crippen molar-refractivity contribution in [3.63, 3.8) is 0 Å². The quantitative estimate of drug-likeness (QED) is 0.438. The predicted molar refractivity (Wildman–Crippen MR) is 45.5 cm³/mol. The number of carbonyl (C=O) groups excluding carboxylic acids is 2. The minimum Gasteiger partial charge on any atom is -0.462 e. The first-order valence-corrected chi connectivity index (χ1v) is 3.58. The molecule has 0 aliphatic heterocycles. The predicted octanol–water partition coefficient (Wildman–Crippen LogP) is -1.12. The van der Waals surface area contributed by atoms with E-state index in [0.717, 1.165) is 7.11 Å². The second kappa shape index (κ2) is 4.17. The lowest BCUT2D eigenvalue weighted by Gasteiger charge is -2.00. The van der Waals surface area contributed by atoms with Crippen molar-refractivity contribution in [3.05, 3.63) is 22.5 Å². The van der Waals surface area contributed by atoms with E-state index in [1.807, 2.05) is 0 Å². The summed E-state index contributed by atoms with van der Waals surface area (Å²) in [6.45, 7) is 0. The summed E-state index contributed by atoms with van der Waals surface area (Å²) in [5, 5.41) is 7.67. The number of ether oxygens (including phenoxy) is 1. The Labute approximate surface area is 78.1 Å². The summed E-state index contributed by atoms with van der Waals surface area (Å²) in [5.74, 6) is -1.91. The van der Waals surface area contributed by atoms with Crippen LogP contribution in [0.5, 0.6) is 0 Å². The molecule has 1 aromatic heterocycles. The highest BCUT2D eigenvalue weighted by atomic mass is 16.5. The number of H-pyrrole nitrogens is 1. The van der Waals surface area contributed by atoms with Crippen molar-refractivity contribution in [2.45, 2.75) is 0 Å². The molecule has 0 aromatic carbocycles. The van der Waals surface area contributed by atoms with Gasteiger partial charge in [0.1, 0.15) is 0 Å². The molecule has 0 aliphatic rings. The molecule has 7 heteroatoms. The molecule has 0 aliphatic carbocycles. The van der Waals surface area contributed by atoms with Gasteiger partial charge in [-0.1, -0.05) is 0 Å². The SMILES string of the molecule is COC(=O)C(=O)Nc1ccc(=O)[nH]n1. The normalized spacial score (nSPS) is 9.21. The number of hydrogen-bond donors (Lipinski definition) is 2. The Kier molecular flexibility index (Phi) is 2.95. The number of methoxy groups -OCH3 is 1. The van der Waals surface area contributed by atoms with E-state index >= 15 is 0 Å². The van der Waals surface area contributed by atoms with Crippen LogP contribution in [0.15, 0.2) is 16.9 Å². The fourth-order valence-corrected chi connectivity index (χ4v) is 0.674. The van der Waals surface area contributed by atoms with Crippen molar-refractivity contribution in [3.8, 4) is 0 Å². The summed E-state index contributed by atoms with van der Waals surface area (Å²) >= 11 is 0. The second-order valence-corrected chi connectivity index (χ2v) is 2.25. The number of nitrogens with zero attached hydrogens (tertiary/aromatic N) is 1. The molecule has 1 aromatic rings. The van der Waals surface area contributed by atoms with Crippen LogP contribution >= 0.6 is 0 Å². The average Bonchev–Trinajstić information content (AvgIpc) is 2.20. The second-order valence-electron chi connectivity index (χ2n) is 2.25. The van der Waals surface area contributed by atoms with Crippen LogP contribution < -0.4 is 10.9 Å². The van der Waals surface area contributed by atoms with Gasteiger partial charge in [0, 0.05) is 6.07 Å². The molecular weight excluding hydrogens is 190 g/mol. The van der Waals surface area contributed by atoms with Gasteiger partial charge in [0.2, 0.25) is 0 Å². The van der Waals surface area contributed by atoms with Crippen LogP contribution in [-0.2, 0) is 14.3 Å². The summed E-state index contributed by atoms with van der Waals surface area (Å²) in [6.07, 6.45) is 0. The molecule has 0 radical (unpaired) electrons. The molecule has 1 amide bonds. The van der Waals surface area contributed by atoms with Crippen molar-refractivity contribution in [1.82, 2.24) is 10.2 Å². The third-order valence-corrected chi connectivity index (χ3v) is 1.29. The molecule has 74 valence electrons. The number of esters is 1. The van der Waals surface area contributed by atoms with Gasteiger partial charge in [-0.3, -0.25) is 14.9 Å². The van der Waals surface area contributed by atoms with Crippen LogP contribution in [0.2, 0.25) is 0 Å². The van der Waals surface area contributed by atoms with Gasteiger partial charge in [-0.05, 0) is 6.07 Å². The Hall–Kier alpha value is -2.18. The van der Waals surface area contributed by atoms with E-state index in [-0.39, 0.29) is 5.82 Å². The number of amides is 1. The molecule has 0 saturated carbocycles. The largest absolute Gasteiger partial charge is 0.462 e. The Morgan fingerprint density at radius 1 is 1.50 bits per heavy atom. The zero-order chi connectivity index (χ0) is 10.6. The summed E-state index contributed by atoms with van der Waals surface area (Å²) < 4.78 is 4.16. The van der Waals surface area contributed by atoms with Gasteiger partial charge in [-0.2, -0.15) is 5.10 Å². The smallest absolute Gasteiger partial charge is 0.396 e. The molecule has 0 fully saturated rings. The Balaban J connectivity index is 2.70. The third-order valence-electron chi connectivity index (χ3n) is 1.29. The van der Waals surface area contributed by atoms with Crippen molar-refractivity contribution in [1.29, 1.82) is 0 Å². The molecule has 14 heavy (non-hydrogen) atoms. The lowest BCUT2D eigenvalue weighted by atomic mass is 10.5. The zero-order valence-electron chi connectivity index (χ0n) is 7.23. The standard InChI is InChI=1S/C7H7N3O4/c1-14-7(13)6(12)8-4-2-3-5(11)10-9-4/h2-3H,1H3,(H,10,11)(H,8,9,12). The first kappa shape index (κ1) is 9.90. The van der Waals surface area contributed by atoms with Gasteiger partial charge < -0.3 is 4.74 Å². The highest BCUT2D eigenvalue weighted by Gasteiger charge is 2.13. The van der Waals surface area contributed by atoms with Crippen LogP contribution in [0, 0.1) is 0 Å². The number of aromatic nitrogens is 2. The number of carbonyl (C=O) groups is 2. The van der Waals surface area contributed by atoms with Crippen molar-refractivity contribution in [2.24, 2.45) is 0 Å². The molecule has 0 spiro atoms. The van der Waals surface area contributed by atoms with Gasteiger partial charge >= 0.3 is 11.9 Å². The molecule has 2 N–H and O–H groups in total. The summed E-state index contributed by atoms with van der Waals surface area (Å²) in [5.41, 5.74) is -0.402. The fourth-order valence-electron chi connectivity index (χ4n) is 0.674. The monoisotopic (exact) mass is 197 g/mol. The van der Waals surface area contributed by atoms with E-state index < -0.39 is 17.4 Å². The lowest BCUT2D eigenvalue weighted by molar-refractivity contribution is -0.150. The molecule has 1 rings (SSSR count). The van der Waals surface area contributed by atoms with Crippen molar-refractivity contribution >= 4 is 17.7 Å². The van der Waals surface area contributed by atoms with E-state index in [9.17, 15) is 14.4 Å². The maximum absolute atomic E-state index is 10.9. The maximum atomic E-state index is 10.9. The van der Waals surface area contributed by atoms with E-state index in [1.165, 1.54) is 12.1 Å². The van der Waals surface area contributed by atoms with E-state index in [4.69, 9.17) is 0 Å². The molecule has 0 bridgehead atoms. The first-order chi connectivity index (χ1) is 6.63. The number of aromatic amines is 1. The summed E-state index contributed by atoms with van der Waals surface area (Å²) in [6, 6.07) is 2.43. The van der Waals surface area contributed by atoms with Gasteiger partial charge in [0.25, 0.3) is 5.56 Å². The summed E-state index contributed by atoms with van der Waals surface area (Å²) in [4.78, 5) is 32.1. The minimum atomic E-state index is -1.03. The third kappa shape index (κ3) is 2.41. The van der Waals surface area contributed by atoms with Gasteiger partial charge in [-0.25, -0.2) is 9.89 Å². The topological polar surface area (TPSA) is 101 Å². The highest BCUT2D eigenvalue weighted by Crippen LogP contribution is 1.95. The van der Waals surface area contributed by atoms with Crippen LogP contribution in [0.25, 0.3) is 0 Å². The fraction of sp³-hybridized carbons (Fsp3) is 0.143. The maximum Gasteiger partial charge on any atom is 0.396 e. The molecule has 0 unspecified atom stereocenters. The number of hydrogen-bond acceptors (Lipinski definition) is 5. The first-order valence-electron chi connectivity index (χ1n) is 3.58. The Morgan fingerprint density at radius 2 is 2.21 bits per heavy atom. The Bertz CT molecular complexity index is 391. The molecule has 7 nitrogen and oxygen atoms in total. The number of nitrogens with one attached hydrogen (secondary N) is 2. The van der Waals surface area contributed by atoms with Crippen molar-refractivity contribution < 1.29 is 14.3 Å². The average molecular weight is 197 g/mol. The zero-order valence-corrected chi connectivity index (χ0v) is 7.23. The van der Waals surface area contributed by atoms with E-state index in [1.54, 1.807) is 0 Å². The van der Waals surface area contributed by atoms with Crippen LogP contribution in [0.3, 0.4) is 0 Å². The van der Waals surface area contributed by atoms with Gasteiger partial charge in [-0.15, -0.1) is 0 Å². The lowest BCUT2D eigenvalue weighted by Crippen LogP contribution is -2.25.